The number of pyridine rings is 1. The molecular formula is C25H24FNO5. The highest BCUT2D eigenvalue weighted by molar-refractivity contribution is 6.45. The van der Waals surface area contributed by atoms with Crippen molar-refractivity contribution in [1.82, 2.24) is 4.98 Å². The summed E-state index contributed by atoms with van der Waals surface area (Å²) in [5.41, 5.74) is 2.02. The van der Waals surface area contributed by atoms with Crippen LogP contribution in [0.2, 0.25) is 0 Å². The molecule has 0 fully saturated rings. The van der Waals surface area contributed by atoms with Gasteiger partial charge in [0.1, 0.15) is 16.9 Å². The van der Waals surface area contributed by atoms with Crippen molar-refractivity contribution in [1.29, 1.82) is 0 Å². The Kier molecular flexibility index (Phi) is 7.30. The van der Waals surface area contributed by atoms with Crippen molar-refractivity contribution >= 4 is 28.4 Å². The number of rotatable bonds is 9. The molecule has 0 aliphatic carbocycles. The summed E-state index contributed by atoms with van der Waals surface area (Å²) in [6.45, 7) is 3.54. The summed E-state index contributed by atoms with van der Waals surface area (Å²) < 4.78 is 24.0. The molecule has 0 spiro atoms. The van der Waals surface area contributed by atoms with Gasteiger partial charge in [-0.3, -0.25) is 14.6 Å². The largest absolute Gasteiger partial charge is 0.490 e. The van der Waals surface area contributed by atoms with Crippen LogP contribution in [0.15, 0.2) is 42.6 Å². The van der Waals surface area contributed by atoms with E-state index in [4.69, 9.17) is 9.47 Å². The number of nitrogens with zero attached hydrogens (tertiary/aromatic N) is 1. The monoisotopic (exact) mass is 437 g/mol. The zero-order valence-electron chi connectivity index (χ0n) is 18.2. The van der Waals surface area contributed by atoms with E-state index in [-0.39, 0.29) is 22.7 Å². The molecule has 1 heterocycles. The number of ether oxygens (including phenoxy) is 2. The number of Topliss-reactive ketones (excluding diaryl/α,β-unsaturated/α-hetero) is 2. The minimum absolute atomic E-state index is 0.0412. The number of halogens is 1. The second-order valence-electron chi connectivity index (χ2n) is 7.42. The molecule has 0 saturated heterocycles. The molecule has 0 aliphatic rings. The average molecular weight is 437 g/mol. The third-order valence-corrected chi connectivity index (χ3v) is 5.02. The normalized spacial score (nSPS) is 10.8. The molecule has 0 saturated carbocycles. The van der Waals surface area contributed by atoms with Crippen molar-refractivity contribution in [2.75, 3.05) is 13.7 Å². The Morgan fingerprint density at radius 2 is 1.75 bits per heavy atom. The molecule has 0 bridgehead atoms. The molecule has 3 aromatic rings. The van der Waals surface area contributed by atoms with Crippen molar-refractivity contribution in [2.45, 2.75) is 33.1 Å². The minimum Gasteiger partial charge on any atom is -0.490 e. The van der Waals surface area contributed by atoms with Gasteiger partial charge < -0.3 is 9.47 Å². The number of fused-ring (bicyclic) bond motifs is 1. The van der Waals surface area contributed by atoms with Gasteiger partial charge in [0.15, 0.2) is 11.5 Å². The van der Waals surface area contributed by atoms with Crippen LogP contribution in [0.4, 0.5) is 4.39 Å². The van der Waals surface area contributed by atoms with E-state index in [1.54, 1.807) is 24.4 Å². The molecule has 3 rings (SSSR count). The Morgan fingerprint density at radius 1 is 1.03 bits per heavy atom. The summed E-state index contributed by atoms with van der Waals surface area (Å²) in [5, 5.41) is 0.406. The van der Waals surface area contributed by atoms with Crippen LogP contribution in [0.3, 0.4) is 0 Å². The third kappa shape index (κ3) is 4.99. The molecule has 1 aromatic heterocycles. The molecule has 0 amide bonds. The molecule has 0 radical (unpaired) electrons. The van der Waals surface area contributed by atoms with Gasteiger partial charge >= 0.3 is 5.97 Å². The van der Waals surface area contributed by atoms with Crippen LogP contribution < -0.4 is 4.74 Å². The molecule has 0 atom stereocenters. The van der Waals surface area contributed by atoms with E-state index >= 15 is 0 Å². The standard InChI is InChI=1S/C25H24FNO5/c1-4-5-10-32-24-21(25(30)31-3)13-20(23(29)15(2)28)19-12-17(14-27-22(19)24)11-16-6-8-18(26)9-7-16/h6-9,12-14H,4-5,10-11H2,1-3H3. The lowest BCUT2D eigenvalue weighted by atomic mass is 9.96. The zero-order valence-corrected chi connectivity index (χ0v) is 18.2. The molecule has 2 aromatic carbocycles. The maximum atomic E-state index is 13.2. The molecule has 166 valence electrons. The molecular weight excluding hydrogens is 413 g/mol. The maximum absolute atomic E-state index is 13.2. The summed E-state index contributed by atoms with van der Waals surface area (Å²) in [5.74, 6) is -2.20. The molecule has 0 unspecified atom stereocenters. The lowest BCUT2D eigenvalue weighted by Gasteiger charge is -2.16. The first-order valence-electron chi connectivity index (χ1n) is 10.3. The highest BCUT2D eigenvalue weighted by Gasteiger charge is 2.25. The van der Waals surface area contributed by atoms with Crippen LogP contribution in [-0.4, -0.2) is 36.2 Å². The summed E-state index contributed by atoms with van der Waals surface area (Å²) in [6.07, 6.45) is 3.71. The van der Waals surface area contributed by atoms with Crippen LogP contribution in [0.1, 0.15) is 58.5 Å². The van der Waals surface area contributed by atoms with Gasteiger partial charge in [-0.1, -0.05) is 25.5 Å². The molecule has 0 N–H and O–H groups in total. The van der Waals surface area contributed by atoms with E-state index in [1.807, 2.05) is 6.92 Å². The predicted molar refractivity (Wildman–Crippen MR) is 118 cm³/mol. The number of unbranched alkanes of at least 4 members (excludes halogenated alkanes) is 1. The molecule has 0 aliphatic heterocycles. The van der Waals surface area contributed by atoms with Gasteiger partial charge in [-0.15, -0.1) is 0 Å². The number of benzene rings is 2. The van der Waals surface area contributed by atoms with Gasteiger partial charge in [0, 0.05) is 24.1 Å². The Labute approximate surface area is 185 Å². The summed E-state index contributed by atoms with van der Waals surface area (Å²) in [4.78, 5) is 41.5. The van der Waals surface area contributed by atoms with Gasteiger partial charge in [-0.2, -0.15) is 0 Å². The molecule has 32 heavy (non-hydrogen) atoms. The van der Waals surface area contributed by atoms with Crippen molar-refractivity contribution < 1.29 is 28.2 Å². The van der Waals surface area contributed by atoms with E-state index in [9.17, 15) is 18.8 Å². The molecule has 7 heteroatoms. The Morgan fingerprint density at radius 3 is 2.38 bits per heavy atom. The highest BCUT2D eigenvalue weighted by atomic mass is 19.1. The smallest absolute Gasteiger partial charge is 0.341 e. The van der Waals surface area contributed by atoms with Gasteiger partial charge in [0.25, 0.3) is 0 Å². The van der Waals surface area contributed by atoms with E-state index in [1.165, 1.54) is 32.2 Å². The number of carbonyl (C=O) groups excluding carboxylic acids is 3. The Bertz CT molecular complexity index is 1170. The van der Waals surface area contributed by atoms with Crippen LogP contribution >= 0.6 is 0 Å². The van der Waals surface area contributed by atoms with Gasteiger partial charge in [0.2, 0.25) is 5.78 Å². The number of methoxy groups -OCH3 is 1. The number of ketones is 2. The fraction of sp³-hybridized carbons (Fsp3) is 0.280. The quantitative estimate of drug-likeness (QED) is 0.209. The first-order valence-corrected chi connectivity index (χ1v) is 10.3. The summed E-state index contributed by atoms with van der Waals surface area (Å²) in [6, 6.07) is 9.16. The first kappa shape index (κ1) is 23.1. The number of esters is 1. The van der Waals surface area contributed by atoms with E-state index in [2.05, 4.69) is 4.98 Å². The predicted octanol–water partition coefficient (Wildman–Crippen LogP) is 4.70. The lowest BCUT2D eigenvalue weighted by Crippen LogP contribution is -2.15. The second kappa shape index (κ2) is 10.1. The summed E-state index contributed by atoms with van der Waals surface area (Å²) >= 11 is 0. The second-order valence-corrected chi connectivity index (χ2v) is 7.42. The average Bonchev–Trinajstić information content (AvgIpc) is 2.79. The van der Waals surface area contributed by atoms with E-state index in [0.29, 0.717) is 23.9 Å². The van der Waals surface area contributed by atoms with Crippen molar-refractivity contribution in [3.05, 3.63) is 70.7 Å². The highest BCUT2D eigenvalue weighted by Crippen LogP contribution is 2.33. The van der Waals surface area contributed by atoms with Gasteiger partial charge in [0.05, 0.1) is 13.7 Å². The van der Waals surface area contributed by atoms with Crippen LogP contribution in [0.25, 0.3) is 10.9 Å². The van der Waals surface area contributed by atoms with Gasteiger partial charge in [-0.25, -0.2) is 9.18 Å². The fourth-order valence-electron chi connectivity index (χ4n) is 3.35. The van der Waals surface area contributed by atoms with Crippen molar-refractivity contribution in [3.8, 4) is 5.75 Å². The summed E-state index contributed by atoms with van der Waals surface area (Å²) in [7, 11) is 1.23. The lowest BCUT2D eigenvalue weighted by molar-refractivity contribution is -0.113. The van der Waals surface area contributed by atoms with Crippen molar-refractivity contribution in [2.24, 2.45) is 0 Å². The van der Waals surface area contributed by atoms with E-state index < -0.39 is 17.5 Å². The van der Waals surface area contributed by atoms with Crippen LogP contribution in [0, 0.1) is 5.82 Å². The molecule has 6 nitrogen and oxygen atoms in total. The first-order chi connectivity index (χ1) is 15.3. The maximum Gasteiger partial charge on any atom is 0.341 e. The van der Waals surface area contributed by atoms with Crippen LogP contribution in [-0.2, 0) is 16.0 Å². The zero-order chi connectivity index (χ0) is 23.3. The fourth-order valence-corrected chi connectivity index (χ4v) is 3.35. The Hall–Kier alpha value is -3.61. The van der Waals surface area contributed by atoms with E-state index in [0.717, 1.165) is 24.0 Å². The SMILES string of the molecule is CCCCOc1c(C(=O)OC)cc(C(=O)C(C)=O)c2cc(Cc3ccc(F)cc3)cnc12. The number of carbonyl (C=O) groups is 3. The minimum atomic E-state index is -0.735. The number of hydrogen-bond acceptors (Lipinski definition) is 6. The topological polar surface area (TPSA) is 82.6 Å². The number of aromatic nitrogens is 1. The van der Waals surface area contributed by atoms with Crippen molar-refractivity contribution in [3.63, 3.8) is 0 Å². The number of hydrogen-bond donors (Lipinski definition) is 0. The Balaban J connectivity index is 2.20. The van der Waals surface area contributed by atoms with Gasteiger partial charge in [-0.05, 0) is 48.2 Å². The van der Waals surface area contributed by atoms with Crippen LogP contribution in [0.5, 0.6) is 5.75 Å². The third-order valence-electron chi connectivity index (χ3n) is 5.02.